The zero-order valence-electron chi connectivity index (χ0n) is 25.8. The molecule has 2 aliphatic heterocycles. The summed E-state index contributed by atoms with van der Waals surface area (Å²) < 4.78 is 49.8. The highest BCUT2D eigenvalue weighted by Gasteiger charge is 2.38. The van der Waals surface area contributed by atoms with E-state index in [-0.39, 0.29) is 35.9 Å². The number of piperidine rings is 1. The number of rotatable bonds is 8. The lowest BCUT2D eigenvalue weighted by Crippen LogP contribution is -2.47. The zero-order valence-corrected chi connectivity index (χ0v) is 25.8. The zero-order chi connectivity index (χ0) is 31.9. The van der Waals surface area contributed by atoms with Crippen LogP contribution in [0.15, 0.2) is 29.1 Å². The third-order valence-electron chi connectivity index (χ3n) is 9.23. The molecule has 2 atom stereocenters. The first kappa shape index (κ1) is 31.8. The summed E-state index contributed by atoms with van der Waals surface area (Å²) in [6.07, 6.45) is -0.572. The van der Waals surface area contributed by atoms with Crippen LogP contribution in [0.25, 0.3) is 10.9 Å². The summed E-state index contributed by atoms with van der Waals surface area (Å²) in [5, 5.41) is 15.4. The minimum absolute atomic E-state index is 0.0419. The average Bonchev–Trinajstić information content (AvgIpc) is 3.38. The molecule has 9 nitrogen and oxygen atoms in total. The molecule has 12 heteroatoms. The lowest BCUT2D eigenvalue weighted by atomic mass is 9.84. The number of ether oxygens (including phenoxy) is 1. The van der Waals surface area contributed by atoms with Crippen molar-refractivity contribution >= 4 is 22.6 Å². The fourth-order valence-electron chi connectivity index (χ4n) is 6.44. The number of halogens is 3. The molecule has 1 amide bonds. The summed E-state index contributed by atoms with van der Waals surface area (Å²) in [6, 6.07) is 4.92. The van der Waals surface area contributed by atoms with Crippen molar-refractivity contribution < 1.29 is 27.8 Å². The number of anilines is 1. The molecule has 2 aromatic heterocycles. The van der Waals surface area contributed by atoms with Crippen LogP contribution in [0.2, 0.25) is 0 Å². The van der Waals surface area contributed by atoms with Crippen molar-refractivity contribution in [2.75, 3.05) is 38.6 Å². The smallest absolute Gasteiger partial charge is 0.266 e. The number of carbonyl (C=O) groups is 1. The van der Waals surface area contributed by atoms with Gasteiger partial charge < -0.3 is 29.5 Å². The first-order valence-electron chi connectivity index (χ1n) is 15.0. The Morgan fingerprint density at radius 1 is 1.20 bits per heavy atom. The van der Waals surface area contributed by atoms with E-state index < -0.39 is 35.0 Å². The summed E-state index contributed by atoms with van der Waals surface area (Å²) in [5.41, 5.74) is -1.44. The number of likely N-dealkylation sites (tertiary alicyclic amines) is 2. The minimum atomic E-state index is -2.97. The maximum absolute atomic E-state index is 15.1. The van der Waals surface area contributed by atoms with Gasteiger partial charge in [0.05, 0.1) is 28.4 Å². The van der Waals surface area contributed by atoms with Crippen LogP contribution < -0.4 is 15.6 Å². The Morgan fingerprint density at radius 3 is 2.50 bits per heavy atom. The Morgan fingerprint density at radius 2 is 1.89 bits per heavy atom. The lowest BCUT2D eigenvalue weighted by Gasteiger charge is -2.38. The van der Waals surface area contributed by atoms with Crippen molar-refractivity contribution in [2.24, 2.45) is 7.05 Å². The van der Waals surface area contributed by atoms with E-state index in [0.29, 0.717) is 47.9 Å². The Labute approximate surface area is 254 Å². The normalized spacial score (nSPS) is 19.5. The van der Waals surface area contributed by atoms with Gasteiger partial charge in [-0.1, -0.05) is 18.2 Å². The molecule has 0 radical (unpaired) electrons. The first-order chi connectivity index (χ1) is 20.8. The number of nitrogens with zero attached hydrogens (tertiary/aromatic N) is 4. The van der Waals surface area contributed by atoms with Crippen LogP contribution in [0, 0.1) is 12.7 Å². The van der Waals surface area contributed by atoms with Gasteiger partial charge in [-0.05, 0) is 59.2 Å². The molecule has 44 heavy (non-hydrogen) atoms. The van der Waals surface area contributed by atoms with Crippen LogP contribution in [0.1, 0.15) is 74.4 Å². The Balaban J connectivity index is 1.62. The van der Waals surface area contributed by atoms with Crippen molar-refractivity contribution in [3.8, 4) is 5.75 Å². The molecule has 0 unspecified atom stereocenters. The van der Waals surface area contributed by atoms with Gasteiger partial charge in [-0.25, -0.2) is 18.2 Å². The summed E-state index contributed by atoms with van der Waals surface area (Å²) in [4.78, 5) is 34.4. The topological polar surface area (TPSA) is 99.9 Å². The van der Waals surface area contributed by atoms with E-state index in [1.807, 2.05) is 7.05 Å². The Bertz CT molecular complexity index is 1620. The molecule has 4 heterocycles. The van der Waals surface area contributed by atoms with Crippen LogP contribution in [-0.2, 0) is 17.4 Å². The van der Waals surface area contributed by atoms with Crippen LogP contribution in [0.4, 0.5) is 19.0 Å². The second-order valence-electron chi connectivity index (χ2n) is 12.1. The van der Waals surface area contributed by atoms with E-state index >= 15 is 4.39 Å². The molecule has 1 aromatic carbocycles. The molecule has 2 N–H and O–H groups in total. The van der Waals surface area contributed by atoms with Crippen molar-refractivity contribution in [3.05, 3.63) is 62.8 Å². The van der Waals surface area contributed by atoms with Gasteiger partial charge in [0.1, 0.15) is 18.2 Å². The number of pyridine rings is 2. The van der Waals surface area contributed by atoms with E-state index in [2.05, 4.69) is 10.2 Å². The van der Waals surface area contributed by atoms with Gasteiger partial charge in [0.25, 0.3) is 12.0 Å². The molecule has 2 saturated heterocycles. The predicted molar refractivity (Wildman–Crippen MR) is 162 cm³/mol. The number of likely N-dealkylation sites (N-methyl/N-ethyl adjacent to an activating group) is 1. The molecule has 2 fully saturated rings. The molecule has 5 rings (SSSR count). The van der Waals surface area contributed by atoms with Gasteiger partial charge >= 0.3 is 0 Å². The van der Waals surface area contributed by atoms with E-state index in [9.17, 15) is 23.5 Å². The molecular weight excluding hydrogens is 575 g/mol. The third kappa shape index (κ3) is 5.89. The summed E-state index contributed by atoms with van der Waals surface area (Å²) in [6.45, 7) is 6.82. The highest BCUT2D eigenvalue weighted by Crippen LogP contribution is 2.39. The number of aromatic nitrogens is 2. The third-order valence-corrected chi connectivity index (χ3v) is 9.23. The van der Waals surface area contributed by atoms with E-state index in [1.165, 1.54) is 23.6 Å². The SMILES string of the molecule is CC(=O)N1CCC(O)(c2cc3c(N[C@H](C)c4cccc(C(F)F)c4F)nc(C)c(OC[C@@H]4CCCN4C)c3n(C)c2=O)CC1. The summed E-state index contributed by atoms with van der Waals surface area (Å²) >= 11 is 0. The van der Waals surface area contributed by atoms with Crippen LogP contribution in [0.3, 0.4) is 0 Å². The highest BCUT2D eigenvalue weighted by molar-refractivity contribution is 5.95. The fourth-order valence-corrected chi connectivity index (χ4v) is 6.44. The number of benzene rings is 1. The largest absolute Gasteiger partial charge is 0.488 e. The molecule has 0 saturated carbocycles. The van der Waals surface area contributed by atoms with Crippen molar-refractivity contribution in [1.82, 2.24) is 19.4 Å². The lowest BCUT2D eigenvalue weighted by molar-refractivity contribution is -0.133. The molecule has 3 aromatic rings. The van der Waals surface area contributed by atoms with Crippen molar-refractivity contribution in [1.29, 1.82) is 0 Å². The van der Waals surface area contributed by atoms with E-state index in [4.69, 9.17) is 9.72 Å². The summed E-state index contributed by atoms with van der Waals surface area (Å²) in [5.74, 6) is -0.382. The van der Waals surface area contributed by atoms with Gasteiger partial charge in [0.15, 0.2) is 5.75 Å². The van der Waals surface area contributed by atoms with Gasteiger partial charge in [-0.2, -0.15) is 0 Å². The Kier molecular flexibility index (Phi) is 8.95. The number of fused-ring (bicyclic) bond motifs is 1. The van der Waals surface area contributed by atoms with Gasteiger partial charge in [-0.3, -0.25) is 9.59 Å². The molecule has 0 aliphatic carbocycles. The van der Waals surface area contributed by atoms with Gasteiger partial charge in [0.2, 0.25) is 5.91 Å². The number of carbonyl (C=O) groups excluding carboxylic acids is 1. The second-order valence-corrected chi connectivity index (χ2v) is 12.1. The molecule has 238 valence electrons. The number of alkyl halides is 2. The van der Waals surface area contributed by atoms with Crippen LogP contribution >= 0.6 is 0 Å². The monoisotopic (exact) mass is 615 g/mol. The number of hydrogen-bond donors (Lipinski definition) is 2. The van der Waals surface area contributed by atoms with Gasteiger partial charge in [0, 0.05) is 49.6 Å². The van der Waals surface area contributed by atoms with Gasteiger partial charge in [-0.15, -0.1) is 0 Å². The standard InChI is InChI=1S/C32H40F3N5O4/c1-18(22-9-6-10-23(26(22)33)29(34)35)36-30-24-16-25(32(43)11-14-40(15-12-32)20(3)41)31(42)39(5)27(24)28(19(2)37-30)44-17-21-8-7-13-38(21)4/h6,9-10,16,18,21,29,43H,7-8,11-15,17H2,1-5H3,(H,36,37)/t18-,21+/m1/s1. The Hall–Kier alpha value is -3.64. The highest BCUT2D eigenvalue weighted by atomic mass is 19.3. The van der Waals surface area contributed by atoms with E-state index in [0.717, 1.165) is 25.5 Å². The number of nitrogens with one attached hydrogen (secondary N) is 1. The number of amides is 1. The maximum Gasteiger partial charge on any atom is 0.266 e. The second kappa shape index (κ2) is 12.4. The number of hydrogen-bond acceptors (Lipinski definition) is 7. The van der Waals surface area contributed by atoms with Crippen LogP contribution in [0.5, 0.6) is 5.75 Å². The number of aryl methyl sites for hydroxylation is 2. The minimum Gasteiger partial charge on any atom is -0.488 e. The molecular formula is C32H40F3N5O4. The molecule has 2 aliphatic rings. The average molecular weight is 616 g/mol. The van der Waals surface area contributed by atoms with E-state index in [1.54, 1.807) is 31.9 Å². The maximum atomic E-state index is 15.1. The van der Waals surface area contributed by atoms with Crippen LogP contribution in [-0.4, -0.2) is 69.7 Å². The summed E-state index contributed by atoms with van der Waals surface area (Å²) in [7, 11) is 3.65. The first-order valence-corrected chi connectivity index (χ1v) is 15.0. The van der Waals surface area contributed by atoms with Crippen molar-refractivity contribution in [2.45, 2.75) is 70.6 Å². The molecule has 0 spiro atoms. The van der Waals surface area contributed by atoms with Crippen molar-refractivity contribution in [3.63, 3.8) is 0 Å². The number of aliphatic hydroxyl groups is 1. The quantitative estimate of drug-likeness (QED) is 0.376. The fraction of sp³-hybridized carbons (Fsp3) is 0.531. The molecule has 0 bridgehead atoms. The predicted octanol–water partition coefficient (Wildman–Crippen LogP) is 4.79.